The minimum Gasteiger partial charge on any atom is -0.245 e. The van der Waals surface area contributed by atoms with Crippen molar-refractivity contribution in [3.05, 3.63) is 29.6 Å². The van der Waals surface area contributed by atoms with Crippen LogP contribution in [0.4, 0.5) is 0 Å². The van der Waals surface area contributed by atoms with E-state index in [4.69, 9.17) is 0 Å². The summed E-state index contributed by atoms with van der Waals surface area (Å²) in [5.74, 6) is 2.76. The lowest BCUT2D eigenvalue weighted by Gasteiger charge is -2.57. The maximum atomic E-state index is 9.31. The Balaban J connectivity index is 1.82. The van der Waals surface area contributed by atoms with Gasteiger partial charge in [-0.1, -0.05) is 6.07 Å². The van der Waals surface area contributed by atoms with Crippen LogP contribution in [0.15, 0.2) is 18.3 Å². The van der Waals surface area contributed by atoms with Crippen molar-refractivity contribution < 1.29 is 0 Å². The molecule has 0 amide bonds. The van der Waals surface area contributed by atoms with E-state index in [0.29, 0.717) is 11.1 Å². The monoisotopic (exact) mass is 238 g/mol. The maximum Gasteiger partial charge on any atom is 0.144 e. The Labute approximate surface area is 108 Å². The number of pyridine rings is 1. The van der Waals surface area contributed by atoms with Gasteiger partial charge >= 0.3 is 0 Å². The molecular weight excluding hydrogens is 220 g/mol. The predicted molar refractivity (Wildman–Crippen MR) is 68.8 cm³/mol. The van der Waals surface area contributed by atoms with Gasteiger partial charge in [0.1, 0.15) is 11.8 Å². The summed E-state index contributed by atoms with van der Waals surface area (Å²) in [7, 11) is 0. The molecule has 2 nitrogen and oxygen atoms in total. The highest BCUT2D eigenvalue weighted by molar-refractivity contribution is 5.39. The van der Waals surface area contributed by atoms with Crippen molar-refractivity contribution in [1.29, 1.82) is 5.26 Å². The van der Waals surface area contributed by atoms with Crippen molar-refractivity contribution in [2.45, 2.75) is 43.9 Å². The van der Waals surface area contributed by atoms with E-state index in [9.17, 15) is 5.26 Å². The molecule has 0 saturated heterocycles. The molecule has 1 heterocycles. The molecule has 0 aromatic carbocycles. The van der Waals surface area contributed by atoms with Crippen molar-refractivity contribution in [3.8, 4) is 6.07 Å². The Morgan fingerprint density at radius 2 is 1.72 bits per heavy atom. The van der Waals surface area contributed by atoms with Crippen LogP contribution < -0.4 is 0 Å². The Hall–Kier alpha value is -1.36. The molecule has 0 atom stereocenters. The molecule has 92 valence electrons. The van der Waals surface area contributed by atoms with Gasteiger partial charge in [-0.2, -0.15) is 5.26 Å². The van der Waals surface area contributed by atoms with Gasteiger partial charge < -0.3 is 0 Å². The summed E-state index contributed by atoms with van der Waals surface area (Å²) in [5, 5.41) is 9.31. The second-order valence-corrected chi connectivity index (χ2v) is 6.71. The van der Waals surface area contributed by atoms with Crippen LogP contribution in [-0.4, -0.2) is 4.98 Å². The Morgan fingerprint density at radius 3 is 2.28 bits per heavy atom. The molecule has 0 N–H and O–H groups in total. The first-order chi connectivity index (χ1) is 8.79. The van der Waals surface area contributed by atoms with Gasteiger partial charge in [-0.3, -0.25) is 0 Å². The minimum atomic E-state index is 0.300. The molecule has 4 saturated carbocycles. The lowest BCUT2D eigenvalue weighted by atomic mass is 9.48. The summed E-state index contributed by atoms with van der Waals surface area (Å²) in [5.41, 5.74) is 2.24. The van der Waals surface area contributed by atoms with Gasteiger partial charge in [0, 0.05) is 6.20 Å². The Morgan fingerprint density at radius 1 is 1.11 bits per heavy atom. The molecule has 4 aliphatic rings. The fraction of sp³-hybridized carbons (Fsp3) is 0.625. The summed E-state index contributed by atoms with van der Waals surface area (Å²) in [6.45, 7) is 0. The topological polar surface area (TPSA) is 36.7 Å². The van der Waals surface area contributed by atoms with Gasteiger partial charge in [-0.15, -0.1) is 0 Å². The third-order valence-corrected chi connectivity index (χ3v) is 5.52. The molecule has 4 bridgehead atoms. The number of rotatable bonds is 1. The normalized spacial score (nSPS) is 40.7. The van der Waals surface area contributed by atoms with Crippen molar-refractivity contribution in [1.82, 2.24) is 4.98 Å². The second-order valence-electron chi connectivity index (χ2n) is 6.71. The zero-order valence-corrected chi connectivity index (χ0v) is 10.6. The molecule has 0 aliphatic heterocycles. The number of aromatic nitrogens is 1. The van der Waals surface area contributed by atoms with Crippen LogP contribution in [0.5, 0.6) is 0 Å². The summed E-state index contributed by atoms with van der Waals surface area (Å²) < 4.78 is 0. The summed E-state index contributed by atoms with van der Waals surface area (Å²) in [4.78, 5) is 4.29. The lowest BCUT2D eigenvalue weighted by Crippen LogP contribution is -2.48. The van der Waals surface area contributed by atoms with Gasteiger partial charge in [0.15, 0.2) is 0 Å². The van der Waals surface area contributed by atoms with E-state index in [1.54, 1.807) is 6.20 Å². The van der Waals surface area contributed by atoms with Crippen LogP contribution in [0.3, 0.4) is 0 Å². The summed E-state index contributed by atoms with van der Waals surface area (Å²) >= 11 is 0. The first-order valence-electron chi connectivity index (χ1n) is 7.15. The predicted octanol–water partition coefficient (Wildman–Crippen LogP) is 3.42. The van der Waals surface area contributed by atoms with E-state index in [0.717, 1.165) is 17.8 Å². The number of nitriles is 1. The lowest BCUT2D eigenvalue weighted by molar-refractivity contribution is -0.00546. The van der Waals surface area contributed by atoms with Crippen LogP contribution in [0.2, 0.25) is 0 Å². The van der Waals surface area contributed by atoms with Crippen molar-refractivity contribution in [2.75, 3.05) is 0 Å². The SMILES string of the molecule is N#Cc1ncccc1C12CC3CC(CC(C3)C1)C2. The van der Waals surface area contributed by atoms with E-state index in [1.165, 1.54) is 44.1 Å². The zero-order valence-electron chi connectivity index (χ0n) is 10.6. The first-order valence-corrected chi connectivity index (χ1v) is 7.15. The minimum absolute atomic E-state index is 0.300. The molecule has 18 heavy (non-hydrogen) atoms. The molecule has 1 aromatic heterocycles. The highest BCUT2D eigenvalue weighted by Gasteiger charge is 2.52. The number of hydrogen-bond donors (Lipinski definition) is 0. The van der Waals surface area contributed by atoms with E-state index in [2.05, 4.69) is 17.1 Å². The van der Waals surface area contributed by atoms with E-state index < -0.39 is 0 Å². The standard InChI is InChI=1S/C16H18N2/c17-10-15-14(2-1-3-18-15)16-7-11-4-12(8-16)6-13(5-11)9-16/h1-3,11-13H,4-9H2. The molecule has 2 heteroatoms. The third-order valence-electron chi connectivity index (χ3n) is 5.52. The van der Waals surface area contributed by atoms with E-state index in [1.807, 2.05) is 6.07 Å². The smallest absolute Gasteiger partial charge is 0.144 e. The van der Waals surface area contributed by atoms with Crippen LogP contribution in [0, 0.1) is 29.1 Å². The fourth-order valence-electron chi connectivity index (χ4n) is 5.36. The Bertz CT molecular complexity index is 491. The Kier molecular flexibility index (Phi) is 2.09. The highest BCUT2D eigenvalue weighted by Crippen LogP contribution is 2.60. The average molecular weight is 238 g/mol. The highest BCUT2D eigenvalue weighted by atomic mass is 14.7. The molecule has 0 radical (unpaired) electrons. The summed E-state index contributed by atoms with van der Waals surface area (Å²) in [6.07, 6.45) is 10.0. The molecule has 4 aliphatic carbocycles. The molecule has 5 rings (SSSR count). The molecule has 1 aromatic rings. The van der Waals surface area contributed by atoms with Gasteiger partial charge in [-0.05, 0) is 73.3 Å². The van der Waals surface area contributed by atoms with Gasteiger partial charge in [0.2, 0.25) is 0 Å². The van der Waals surface area contributed by atoms with Crippen LogP contribution >= 0.6 is 0 Å². The van der Waals surface area contributed by atoms with Crippen LogP contribution in [0.1, 0.15) is 49.8 Å². The van der Waals surface area contributed by atoms with Crippen molar-refractivity contribution >= 4 is 0 Å². The largest absolute Gasteiger partial charge is 0.245 e. The molecule has 0 spiro atoms. The van der Waals surface area contributed by atoms with Crippen LogP contribution in [0.25, 0.3) is 0 Å². The van der Waals surface area contributed by atoms with E-state index in [-0.39, 0.29) is 0 Å². The first kappa shape index (κ1) is 10.6. The van der Waals surface area contributed by atoms with Crippen molar-refractivity contribution in [2.24, 2.45) is 17.8 Å². The summed E-state index contributed by atoms with van der Waals surface area (Å²) in [6, 6.07) is 6.48. The number of nitrogens with zero attached hydrogens (tertiary/aromatic N) is 2. The van der Waals surface area contributed by atoms with Crippen molar-refractivity contribution in [3.63, 3.8) is 0 Å². The second kappa shape index (κ2) is 3.57. The fourth-order valence-corrected chi connectivity index (χ4v) is 5.36. The van der Waals surface area contributed by atoms with Crippen LogP contribution in [-0.2, 0) is 5.41 Å². The average Bonchev–Trinajstić information content (AvgIpc) is 2.37. The molecule has 4 fully saturated rings. The third kappa shape index (κ3) is 1.37. The maximum absolute atomic E-state index is 9.31. The van der Waals surface area contributed by atoms with Gasteiger partial charge in [0.05, 0.1) is 0 Å². The molecule has 0 unspecified atom stereocenters. The number of hydrogen-bond acceptors (Lipinski definition) is 2. The van der Waals surface area contributed by atoms with Gasteiger partial charge in [-0.25, -0.2) is 4.98 Å². The zero-order chi connectivity index (χ0) is 12.2. The molecular formula is C16H18N2. The quantitative estimate of drug-likeness (QED) is 0.751. The van der Waals surface area contributed by atoms with Gasteiger partial charge in [0.25, 0.3) is 0 Å². The van der Waals surface area contributed by atoms with E-state index >= 15 is 0 Å².